The monoisotopic (exact) mass is 542 g/mol. The number of nitrogens with zero attached hydrogens (tertiary/aromatic N) is 3. The maximum absolute atomic E-state index is 14.8. The predicted octanol–water partition coefficient (Wildman–Crippen LogP) is 4.23. The Labute approximate surface area is 227 Å². The third kappa shape index (κ3) is 5.68. The van der Waals surface area contributed by atoms with Crippen molar-refractivity contribution in [2.24, 2.45) is 0 Å². The molecule has 2 aromatic carbocycles. The molecule has 0 aromatic heterocycles. The Morgan fingerprint density at radius 3 is 2.45 bits per heavy atom. The van der Waals surface area contributed by atoms with Gasteiger partial charge in [0, 0.05) is 60.6 Å². The van der Waals surface area contributed by atoms with Crippen molar-refractivity contribution in [3.63, 3.8) is 0 Å². The van der Waals surface area contributed by atoms with Crippen LogP contribution in [0, 0.1) is 5.82 Å². The highest BCUT2D eigenvalue weighted by Gasteiger charge is 2.40. The SMILES string of the molecule is CCOC(=O)C1=C(CN2CCN(C(=O)c3ccc(Cl)cc3)[C@H](C)C2)N(CC)C(=O)N[C@H]1c1ccccc1F. The minimum absolute atomic E-state index is 0.0768. The number of benzene rings is 2. The van der Waals surface area contributed by atoms with Gasteiger partial charge < -0.3 is 15.0 Å². The molecule has 0 aliphatic carbocycles. The standard InChI is InChI=1S/C28H32ClFN4O4/c1-4-33-23(17-32-14-15-34(18(3)16-32)26(35)19-10-12-20(29)13-11-19)24(27(36)38-5-2)25(31-28(33)37)21-8-6-7-9-22(21)30/h6-13,18,25H,4-5,14-17H2,1-3H3,(H,31,37)/t18-,25+/m1/s1. The lowest BCUT2D eigenvalue weighted by atomic mass is 9.93. The summed E-state index contributed by atoms with van der Waals surface area (Å²) < 4.78 is 20.2. The maximum Gasteiger partial charge on any atom is 0.338 e. The van der Waals surface area contributed by atoms with Crippen LogP contribution in [0.3, 0.4) is 0 Å². The molecule has 3 amide bonds. The average Bonchev–Trinajstić information content (AvgIpc) is 2.89. The van der Waals surface area contributed by atoms with E-state index in [0.717, 1.165) is 0 Å². The van der Waals surface area contributed by atoms with E-state index < -0.39 is 23.9 Å². The first-order valence-corrected chi connectivity index (χ1v) is 13.1. The van der Waals surface area contributed by atoms with Gasteiger partial charge in [0.15, 0.2) is 0 Å². The minimum Gasteiger partial charge on any atom is -0.463 e. The molecule has 202 valence electrons. The summed E-state index contributed by atoms with van der Waals surface area (Å²) in [6, 6.07) is 11.4. The summed E-state index contributed by atoms with van der Waals surface area (Å²) in [5.74, 6) is -1.20. The number of rotatable bonds is 7. The van der Waals surface area contributed by atoms with E-state index in [1.165, 1.54) is 11.0 Å². The molecule has 1 saturated heterocycles. The van der Waals surface area contributed by atoms with Gasteiger partial charge >= 0.3 is 12.0 Å². The molecular weight excluding hydrogens is 511 g/mol. The zero-order chi connectivity index (χ0) is 27.4. The van der Waals surface area contributed by atoms with Gasteiger partial charge in [-0.25, -0.2) is 14.0 Å². The second-order valence-corrected chi connectivity index (χ2v) is 9.76. The highest BCUT2D eigenvalue weighted by atomic mass is 35.5. The zero-order valence-electron chi connectivity index (χ0n) is 21.7. The number of urea groups is 1. The highest BCUT2D eigenvalue weighted by Crippen LogP contribution is 2.33. The molecule has 0 radical (unpaired) electrons. The first kappa shape index (κ1) is 27.6. The van der Waals surface area contributed by atoms with Crippen molar-refractivity contribution >= 4 is 29.5 Å². The molecule has 0 bridgehead atoms. The molecule has 1 N–H and O–H groups in total. The number of hydrogen-bond acceptors (Lipinski definition) is 5. The second kappa shape index (κ2) is 12.0. The van der Waals surface area contributed by atoms with E-state index in [4.69, 9.17) is 16.3 Å². The van der Waals surface area contributed by atoms with Gasteiger partial charge in [0.05, 0.1) is 18.2 Å². The Bertz CT molecular complexity index is 1240. The number of carbonyl (C=O) groups excluding carboxylic acids is 3. The molecule has 2 aliphatic rings. The van der Waals surface area contributed by atoms with Crippen molar-refractivity contribution in [3.8, 4) is 0 Å². The van der Waals surface area contributed by atoms with E-state index in [2.05, 4.69) is 10.2 Å². The summed E-state index contributed by atoms with van der Waals surface area (Å²) in [6.45, 7) is 7.75. The highest BCUT2D eigenvalue weighted by molar-refractivity contribution is 6.30. The van der Waals surface area contributed by atoms with Crippen molar-refractivity contribution in [1.29, 1.82) is 0 Å². The Morgan fingerprint density at radius 1 is 1.11 bits per heavy atom. The fraction of sp³-hybridized carbons (Fsp3) is 0.393. The number of hydrogen-bond donors (Lipinski definition) is 1. The normalized spacial score (nSPS) is 20.4. The van der Waals surface area contributed by atoms with Gasteiger partial charge in [0.2, 0.25) is 0 Å². The van der Waals surface area contributed by atoms with Gasteiger partial charge in [-0.15, -0.1) is 0 Å². The summed E-state index contributed by atoms with van der Waals surface area (Å²) in [5, 5.41) is 3.36. The van der Waals surface area contributed by atoms with E-state index in [1.807, 2.05) is 18.7 Å². The van der Waals surface area contributed by atoms with Crippen LogP contribution in [0.15, 0.2) is 59.8 Å². The number of nitrogens with one attached hydrogen (secondary N) is 1. The van der Waals surface area contributed by atoms with E-state index in [1.54, 1.807) is 49.4 Å². The lowest BCUT2D eigenvalue weighted by Crippen LogP contribution is -2.56. The van der Waals surface area contributed by atoms with Gasteiger partial charge in [-0.1, -0.05) is 29.8 Å². The summed E-state index contributed by atoms with van der Waals surface area (Å²) in [5.41, 5.74) is 1.46. The van der Waals surface area contributed by atoms with Crippen LogP contribution in [-0.2, 0) is 9.53 Å². The molecule has 2 aromatic rings. The predicted molar refractivity (Wildman–Crippen MR) is 142 cm³/mol. The number of piperazine rings is 1. The summed E-state index contributed by atoms with van der Waals surface area (Å²) in [6.07, 6.45) is 0. The van der Waals surface area contributed by atoms with Crippen molar-refractivity contribution < 1.29 is 23.5 Å². The van der Waals surface area contributed by atoms with Crippen LogP contribution in [-0.4, -0.2) is 78.0 Å². The van der Waals surface area contributed by atoms with E-state index >= 15 is 0 Å². The number of ether oxygens (including phenoxy) is 1. The van der Waals surface area contributed by atoms with Gasteiger partial charge in [-0.05, 0) is 51.1 Å². The first-order chi connectivity index (χ1) is 18.2. The lowest BCUT2D eigenvalue weighted by Gasteiger charge is -2.43. The van der Waals surface area contributed by atoms with Crippen molar-refractivity contribution in [3.05, 3.63) is 81.8 Å². The zero-order valence-corrected chi connectivity index (χ0v) is 22.5. The van der Waals surface area contributed by atoms with E-state index in [-0.39, 0.29) is 36.2 Å². The van der Waals surface area contributed by atoms with Crippen molar-refractivity contribution in [2.75, 3.05) is 39.3 Å². The molecule has 0 spiro atoms. The summed E-state index contributed by atoms with van der Waals surface area (Å²) >= 11 is 5.97. The van der Waals surface area contributed by atoms with Gasteiger partial charge in [0.1, 0.15) is 5.82 Å². The van der Waals surface area contributed by atoms with Crippen LogP contribution in [0.5, 0.6) is 0 Å². The van der Waals surface area contributed by atoms with Crippen LogP contribution >= 0.6 is 11.6 Å². The molecule has 1 fully saturated rings. The molecule has 0 saturated carbocycles. The average molecular weight is 543 g/mol. The summed E-state index contributed by atoms with van der Waals surface area (Å²) in [4.78, 5) is 44.9. The lowest BCUT2D eigenvalue weighted by molar-refractivity contribution is -0.139. The van der Waals surface area contributed by atoms with Gasteiger partial charge in [-0.2, -0.15) is 0 Å². The fourth-order valence-electron chi connectivity index (χ4n) is 5.05. The van der Waals surface area contributed by atoms with Gasteiger partial charge in [-0.3, -0.25) is 14.6 Å². The molecule has 2 atom stereocenters. The minimum atomic E-state index is -0.981. The molecule has 2 aliphatic heterocycles. The van der Waals surface area contributed by atoms with Crippen LogP contribution in [0.1, 0.15) is 42.7 Å². The Balaban J connectivity index is 1.63. The van der Waals surface area contributed by atoms with E-state index in [0.29, 0.717) is 42.5 Å². The Morgan fingerprint density at radius 2 is 1.82 bits per heavy atom. The fourth-order valence-corrected chi connectivity index (χ4v) is 5.17. The van der Waals surface area contributed by atoms with E-state index in [9.17, 15) is 18.8 Å². The molecule has 2 heterocycles. The number of likely N-dealkylation sites (N-methyl/N-ethyl adjacent to an activating group) is 1. The van der Waals surface area contributed by atoms with Gasteiger partial charge in [0.25, 0.3) is 5.91 Å². The number of halogens is 2. The summed E-state index contributed by atoms with van der Waals surface area (Å²) in [7, 11) is 0. The third-order valence-electron chi connectivity index (χ3n) is 6.90. The molecule has 8 nitrogen and oxygen atoms in total. The second-order valence-electron chi connectivity index (χ2n) is 9.32. The van der Waals surface area contributed by atoms with Crippen LogP contribution in [0.4, 0.5) is 9.18 Å². The van der Waals surface area contributed by atoms with Crippen molar-refractivity contribution in [1.82, 2.24) is 20.0 Å². The molecule has 0 unspecified atom stereocenters. The largest absolute Gasteiger partial charge is 0.463 e. The Hall–Kier alpha value is -3.43. The molecule has 4 rings (SSSR count). The smallest absolute Gasteiger partial charge is 0.338 e. The quantitative estimate of drug-likeness (QED) is 0.530. The topological polar surface area (TPSA) is 82.2 Å². The van der Waals surface area contributed by atoms with Crippen LogP contribution in [0.25, 0.3) is 0 Å². The first-order valence-electron chi connectivity index (χ1n) is 12.8. The number of esters is 1. The maximum atomic E-state index is 14.8. The molecular formula is C28H32ClFN4O4. The van der Waals surface area contributed by atoms with Crippen LogP contribution in [0.2, 0.25) is 5.02 Å². The molecule has 38 heavy (non-hydrogen) atoms. The number of amides is 3. The van der Waals surface area contributed by atoms with Crippen LogP contribution < -0.4 is 5.32 Å². The third-order valence-corrected chi connectivity index (χ3v) is 7.16. The number of carbonyl (C=O) groups is 3. The Kier molecular flexibility index (Phi) is 8.69. The molecule has 10 heteroatoms. The van der Waals surface area contributed by atoms with Crippen molar-refractivity contribution in [2.45, 2.75) is 32.9 Å².